The van der Waals surface area contributed by atoms with Crippen molar-refractivity contribution in [1.29, 1.82) is 0 Å². The summed E-state index contributed by atoms with van der Waals surface area (Å²) in [5, 5.41) is 4.06. The molecule has 4 heteroatoms. The molecule has 2 aromatic rings. The van der Waals surface area contributed by atoms with Gasteiger partial charge in [-0.2, -0.15) is 0 Å². The standard InChI is InChI=1S/C12H15N3O/c1-15(2)14-12-11-5-4-10(16-3)8-9(11)6-7-13-12/h4-8H,1-3H3,(H,13,14). The molecule has 84 valence electrons. The first kappa shape index (κ1) is 10.7. The molecule has 0 radical (unpaired) electrons. The van der Waals surface area contributed by atoms with E-state index in [2.05, 4.69) is 10.4 Å². The zero-order chi connectivity index (χ0) is 11.5. The molecule has 16 heavy (non-hydrogen) atoms. The molecule has 1 aromatic heterocycles. The molecule has 0 unspecified atom stereocenters. The second kappa shape index (κ2) is 4.37. The van der Waals surface area contributed by atoms with Crippen LogP contribution in [-0.2, 0) is 0 Å². The van der Waals surface area contributed by atoms with Gasteiger partial charge in [-0.25, -0.2) is 9.99 Å². The topological polar surface area (TPSA) is 37.4 Å². The van der Waals surface area contributed by atoms with E-state index in [1.807, 2.05) is 43.4 Å². The second-order valence-corrected chi connectivity index (χ2v) is 3.75. The zero-order valence-corrected chi connectivity index (χ0v) is 9.69. The number of fused-ring (bicyclic) bond motifs is 1. The summed E-state index contributed by atoms with van der Waals surface area (Å²) in [7, 11) is 5.54. The Morgan fingerprint density at radius 2 is 2.06 bits per heavy atom. The van der Waals surface area contributed by atoms with Gasteiger partial charge in [-0.3, -0.25) is 0 Å². The van der Waals surface area contributed by atoms with Crippen molar-refractivity contribution in [3.8, 4) is 5.75 Å². The van der Waals surface area contributed by atoms with Gasteiger partial charge in [0.1, 0.15) is 11.6 Å². The molecule has 2 rings (SSSR count). The normalized spacial score (nSPS) is 10.8. The van der Waals surface area contributed by atoms with Gasteiger partial charge < -0.3 is 10.2 Å². The maximum absolute atomic E-state index is 5.19. The molecule has 0 aliphatic rings. The van der Waals surface area contributed by atoms with E-state index in [1.165, 1.54) is 0 Å². The first-order valence-corrected chi connectivity index (χ1v) is 5.07. The maximum Gasteiger partial charge on any atom is 0.148 e. The van der Waals surface area contributed by atoms with E-state index in [9.17, 15) is 0 Å². The van der Waals surface area contributed by atoms with Gasteiger partial charge in [0.25, 0.3) is 0 Å². The summed E-state index contributed by atoms with van der Waals surface area (Å²) >= 11 is 0. The van der Waals surface area contributed by atoms with E-state index in [0.29, 0.717) is 0 Å². The minimum Gasteiger partial charge on any atom is -0.497 e. The highest BCUT2D eigenvalue weighted by atomic mass is 16.5. The largest absolute Gasteiger partial charge is 0.497 e. The third-order valence-corrected chi connectivity index (χ3v) is 2.30. The lowest BCUT2D eigenvalue weighted by molar-refractivity contribution is 0.415. The lowest BCUT2D eigenvalue weighted by Crippen LogP contribution is -2.20. The molecule has 0 atom stereocenters. The number of ether oxygens (including phenoxy) is 1. The number of anilines is 1. The molecule has 0 bridgehead atoms. The zero-order valence-electron chi connectivity index (χ0n) is 9.69. The summed E-state index contributed by atoms with van der Waals surface area (Å²) in [5.41, 5.74) is 3.17. The van der Waals surface area contributed by atoms with Crippen molar-refractivity contribution in [3.63, 3.8) is 0 Å². The van der Waals surface area contributed by atoms with E-state index in [-0.39, 0.29) is 0 Å². The van der Waals surface area contributed by atoms with E-state index < -0.39 is 0 Å². The van der Waals surface area contributed by atoms with E-state index in [0.717, 1.165) is 22.3 Å². The minimum absolute atomic E-state index is 0.852. The fourth-order valence-corrected chi connectivity index (χ4v) is 1.58. The van der Waals surface area contributed by atoms with Gasteiger partial charge in [0.2, 0.25) is 0 Å². The molecule has 1 N–H and O–H groups in total. The first-order chi connectivity index (χ1) is 7.70. The van der Waals surface area contributed by atoms with Gasteiger partial charge >= 0.3 is 0 Å². The van der Waals surface area contributed by atoms with Gasteiger partial charge in [0.15, 0.2) is 0 Å². The minimum atomic E-state index is 0.852. The lowest BCUT2D eigenvalue weighted by atomic mass is 10.1. The van der Waals surface area contributed by atoms with E-state index in [1.54, 1.807) is 13.3 Å². The number of methoxy groups -OCH3 is 1. The van der Waals surface area contributed by atoms with Crippen LogP contribution >= 0.6 is 0 Å². The van der Waals surface area contributed by atoms with Gasteiger partial charge in [-0.1, -0.05) is 0 Å². The van der Waals surface area contributed by atoms with Gasteiger partial charge in [0, 0.05) is 25.7 Å². The number of benzene rings is 1. The molecule has 0 spiro atoms. The molecular formula is C12H15N3O. The Bertz CT molecular complexity index is 497. The molecule has 0 aliphatic heterocycles. The SMILES string of the molecule is COc1ccc2c(NN(C)C)nccc2c1. The molecule has 0 saturated heterocycles. The lowest BCUT2D eigenvalue weighted by Gasteiger charge is -2.14. The van der Waals surface area contributed by atoms with Crippen LogP contribution in [0.5, 0.6) is 5.75 Å². The van der Waals surface area contributed by atoms with Crippen LogP contribution in [-0.4, -0.2) is 31.2 Å². The summed E-state index contributed by atoms with van der Waals surface area (Å²) in [4.78, 5) is 4.31. The van der Waals surface area contributed by atoms with Crippen molar-refractivity contribution in [3.05, 3.63) is 30.5 Å². The monoisotopic (exact) mass is 217 g/mol. The third-order valence-electron chi connectivity index (χ3n) is 2.30. The Morgan fingerprint density at radius 3 is 2.75 bits per heavy atom. The molecule has 0 aliphatic carbocycles. The number of rotatable bonds is 3. The van der Waals surface area contributed by atoms with Gasteiger partial charge in [0.05, 0.1) is 7.11 Å². The third kappa shape index (κ3) is 2.06. The number of hydrazine groups is 1. The predicted octanol–water partition coefficient (Wildman–Crippen LogP) is 2.13. The van der Waals surface area contributed by atoms with Crippen molar-refractivity contribution in [2.24, 2.45) is 0 Å². The molecule has 0 saturated carbocycles. The fraction of sp³-hybridized carbons (Fsp3) is 0.250. The Balaban J connectivity index is 2.51. The number of nitrogens with zero attached hydrogens (tertiary/aromatic N) is 2. The molecule has 4 nitrogen and oxygen atoms in total. The van der Waals surface area contributed by atoms with Crippen molar-refractivity contribution < 1.29 is 4.74 Å². The highest BCUT2D eigenvalue weighted by Gasteiger charge is 2.03. The van der Waals surface area contributed by atoms with Crippen LogP contribution in [0.15, 0.2) is 30.5 Å². The summed E-state index contributed by atoms with van der Waals surface area (Å²) in [5.74, 6) is 1.71. The molecule has 1 heterocycles. The molecule has 1 aromatic carbocycles. The smallest absolute Gasteiger partial charge is 0.148 e. The summed E-state index contributed by atoms with van der Waals surface area (Å²) < 4.78 is 5.19. The van der Waals surface area contributed by atoms with Crippen LogP contribution < -0.4 is 10.2 Å². The van der Waals surface area contributed by atoms with E-state index in [4.69, 9.17) is 4.74 Å². The van der Waals surface area contributed by atoms with E-state index >= 15 is 0 Å². The number of nitrogens with one attached hydrogen (secondary N) is 1. The quantitative estimate of drug-likeness (QED) is 0.799. The average molecular weight is 217 g/mol. The second-order valence-electron chi connectivity index (χ2n) is 3.75. The fourth-order valence-electron chi connectivity index (χ4n) is 1.58. The van der Waals surface area contributed by atoms with Gasteiger partial charge in [-0.15, -0.1) is 0 Å². The van der Waals surface area contributed by atoms with Crippen molar-refractivity contribution >= 4 is 16.6 Å². The first-order valence-electron chi connectivity index (χ1n) is 5.07. The molecule has 0 fully saturated rings. The molecule has 0 amide bonds. The van der Waals surface area contributed by atoms with Crippen LogP contribution in [0.25, 0.3) is 10.8 Å². The maximum atomic E-state index is 5.19. The summed E-state index contributed by atoms with van der Waals surface area (Å²) in [6, 6.07) is 7.91. The summed E-state index contributed by atoms with van der Waals surface area (Å²) in [6.45, 7) is 0. The number of hydrogen-bond acceptors (Lipinski definition) is 4. The number of hydrogen-bond donors (Lipinski definition) is 1. The van der Waals surface area contributed by atoms with Crippen LogP contribution in [0.1, 0.15) is 0 Å². The Labute approximate surface area is 94.8 Å². The predicted molar refractivity (Wildman–Crippen MR) is 65.6 cm³/mol. The van der Waals surface area contributed by atoms with Crippen molar-refractivity contribution in [1.82, 2.24) is 9.99 Å². The highest BCUT2D eigenvalue weighted by Crippen LogP contribution is 2.25. The summed E-state index contributed by atoms with van der Waals surface area (Å²) in [6.07, 6.45) is 1.79. The van der Waals surface area contributed by atoms with Crippen molar-refractivity contribution in [2.45, 2.75) is 0 Å². The van der Waals surface area contributed by atoms with Crippen LogP contribution in [0.2, 0.25) is 0 Å². The van der Waals surface area contributed by atoms with Crippen LogP contribution in [0.4, 0.5) is 5.82 Å². The number of pyridine rings is 1. The Morgan fingerprint density at radius 1 is 1.25 bits per heavy atom. The highest BCUT2D eigenvalue weighted by molar-refractivity contribution is 5.92. The number of aromatic nitrogens is 1. The van der Waals surface area contributed by atoms with Crippen LogP contribution in [0, 0.1) is 0 Å². The average Bonchev–Trinajstić information content (AvgIpc) is 2.28. The Hall–Kier alpha value is -1.81. The molecular weight excluding hydrogens is 202 g/mol. The van der Waals surface area contributed by atoms with Crippen LogP contribution in [0.3, 0.4) is 0 Å². The van der Waals surface area contributed by atoms with Gasteiger partial charge in [-0.05, 0) is 29.7 Å². The van der Waals surface area contributed by atoms with Crippen molar-refractivity contribution in [2.75, 3.05) is 26.6 Å². The Kier molecular flexibility index (Phi) is 2.92.